The molecule has 0 aromatic heterocycles. The number of ether oxygens (including phenoxy) is 1. The van der Waals surface area contributed by atoms with Crippen LogP contribution in [0.5, 0.6) is 5.75 Å². The lowest BCUT2D eigenvalue weighted by molar-refractivity contribution is 0.243. The highest BCUT2D eigenvalue weighted by molar-refractivity contribution is 6.32. The fraction of sp³-hybridized carbons (Fsp3) is 0.455. The maximum absolute atomic E-state index is 5.96. The minimum atomic E-state index is -0.340. The fourth-order valence-electron chi connectivity index (χ4n) is 0.985. The van der Waals surface area contributed by atoms with Crippen molar-refractivity contribution < 1.29 is 4.74 Å². The molecule has 0 spiro atoms. The van der Waals surface area contributed by atoms with E-state index in [0.29, 0.717) is 17.4 Å². The Kier molecular flexibility index (Phi) is 3.40. The summed E-state index contributed by atoms with van der Waals surface area (Å²) in [6, 6.07) is 5.69. The number of benzene rings is 1. The average molecular weight is 214 g/mol. The van der Waals surface area contributed by atoms with Gasteiger partial charge in [-0.2, -0.15) is 0 Å². The highest BCUT2D eigenvalue weighted by atomic mass is 35.5. The minimum absolute atomic E-state index is 0.340. The Morgan fingerprint density at radius 1 is 1.43 bits per heavy atom. The lowest BCUT2D eigenvalue weighted by Crippen LogP contribution is -2.38. The van der Waals surface area contributed by atoms with Crippen LogP contribution >= 0.6 is 11.6 Å². The number of aryl methyl sites for hydroxylation is 1. The average Bonchev–Trinajstić information content (AvgIpc) is 2.05. The summed E-state index contributed by atoms with van der Waals surface area (Å²) < 4.78 is 5.53. The molecular formula is C11H16ClNO. The van der Waals surface area contributed by atoms with E-state index in [9.17, 15) is 0 Å². The number of hydrogen-bond donors (Lipinski definition) is 1. The molecule has 0 bridgehead atoms. The largest absolute Gasteiger partial charge is 0.490 e. The predicted octanol–water partition coefficient (Wildman–Crippen LogP) is 2.76. The Labute approximate surface area is 90.0 Å². The lowest BCUT2D eigenvalue weighted by Gasteiger charge is -2.19. The van der Waals surface area contributed by atoms with Crippen molar-refractivity contribution in [3.8, 4) is 5.75 Å². The Balaban J connectivity index is 2.72. The molecule has 0 aliphatic rings. The Morgan fingerprint density at radius 2 is 2.07 bits per heavy atom. The molecule has 0 aliphatic heterocycles. The van der Waals surface area contributed by atoms with Crippen LogP contribution < -0.4 is 10.5 Å². The molecule has 0 unspecified atom stereocenters. The highest BCUT2D eigenvalue weighted by Gasteiger charge is 2.12. The molecule has 0 aliphatic carbocycles. The molecule has 0 radical (unpaired) electrons. The quantitative estimate of drug-likeness (QED) is 0.838. The van der Waals surface area contributed by atoms with Crippen LogP contribution in [0.4, 0.5) is 0 Å². The third-order valence-corrected chi connectivity index (χ3v) is 2.00. The van der Waals surface area contributed by atoms with Gasteiger partial charge in [-0.1, -0.05) is 17.7 Å². The van der Waals surface area contributed by atoms with E-state index in [1.165, 1.54) is 0 Å². The van der Waals surface area contributed by atoms with E-state index < -0.39 is 0 Å². The first kappa shape index (κ1) is 11.3. The van der Waals surface area contributed by atoms with E-state index in [4.69, 9.17) is 22.1 Å². The summed E-state index contributed by atoms with van der Waals surface area (Å²) >= 11 is 5.96. The molecule has 0 fully saturated rings. The van der Waals surface area contributed by atoms with Gasteiger partial charge in [0.2, 0.25) is 0 Å². The van der Waals surface area contributed by atoms with E-state index in [2.05, 4.69) is 0 Å². The van der Waals surface area contributed by atoms with Gasteiger partial charge in [-0.25, -0.2) is 0 Å². The van der Waals surface area contributed by atoms with E-state index in [-0.39, 0.29) is 5.54 Å². The minimum Gasteiger partial charge on any atom is -0.490 e. The van der Waals surface area contributed by atoms with Gasteiger partial charge in [0.15, 0.2) is 0 Å². The van der Waals surface area contributed by atoms with Gasteiger partial charge in [0.25, 0.3) is 0 Å². The van der Waals surface area contributed by atoms with Gasteiger partial charge in [-0.3, -0.25) is 0 Å². The van der Waals surface area contributed by atoms with Crippen LogP contribution in [0.1, 0.15) is 19.4 Å². The summed E-state index contributed by atoms with van der Waals surface area (Å²) in [5.41, 5.74) is 6.59. The number of hydrogen-bond acceptors (Lipinski definition) is 2. The van der Waals surface area contributed by atoms with E-state index in [1.807, 2.05) is 39.0 Å². The van der Waals surface area contributed by atoms with Crippen molar-refractivity contribution in [2.24, 2.45) is 5.73 Å². The Hall–Kier alpha value is -0.730. The normalized spacial score (nSPS) is 11.5. The second kappa shape index (κ2) is 4.20. The number of nitrogens with two attached hydrogens (primary N) is 1. The van der Waals surface area contributed by atoms with Gasteiger partial charge in [-0.15, -0.1) is 0 Å². The zero-order valence-corrected chi connectivity index (χ0v) is 9.56. The van der Waals surface area contributed by atoms with Crippen LogP contribution in [0.15, 0.2) is 18.2 Å². The van der Waals surface area contributed by atoms with Crippen LogP contribution in [0.25, 0.3) is 0 Å². The maximum Gasteiger partial charge on any atom is 0.138 e. The molecule has 78 valence electrons. The standard InChI is InChI=1S/C11H16ClNO/c1-8-4-5-9(12)10(6-8)14-7-11(2,3)13/h4-6H,7,13H2,1-3H3. The summed E-state index contributed by atoms with van der Waals surface area (Å²) in [5, 5.41) is 0.625. The molecule has 2 N–H and O–H groups in total. The molecule has 0 saturated carbocycles. The summed E-state index contributed by atoms with van der Waals surface area (Å²) in [6.45, 7) is 6.28. The summed E-state index contributed by atoms with van der Waals surface area (Å²) in [7, 11) is 0. The third-order valence-electron chi connectivity index (χ3n) is 1.69. The molecule has 1 aromatic rings. The second-order valence-corrected chi connectivity index (χ2v) is 4.62. The molecule has 0 amide bonds. The molecule has 0 saturated heterocycles. The highest BCUT2D eigenvalue weighted by Crippen LogP contribution is 2.25. The molecule has 0 atom stereocenters. The number of halogens is 1. The van der Waals surface area contributed by atoms with Gasteiger partial charge < -0.3 is 10.5 Å². The molecule has 1 aromatic carbocycles. The van der Waals surface area contributed by atoms with E-state index >= 15 is 0 Å². The van der Waals surface area contributed by atoms with Gasteiger partial charge in [0, 0.05) is 5.54 Å². The maximum atomic E-state index is 5.96. The van der Waals surface area contributed by atoms with Crippen molar-refractivity contribution in [3.05, 3.63) is 28.8 Å². The van der Waals surface area contributed by atoms with Crippen molar-refractivity contribution in [1.29, 1.82) is 0 Å². The molecule has 3 heteroatoms. The summed E-state index contributed by atoms with van der Waals surface area (Å²) in [6.07, 6.45) is 0. The van der Waals surface area contributed by atoms with Crippen molar-refractivity contribution in [2.45, 2.75) is 26.3 Å². The molecule has 2 nitrogen and oxygen atoms in total. The topological polar surface area (TPSA) is 35.2 Å². The molecular weight excluding hydrogens is 198 g/mol. The first-order valence-corrected chi connectivity index (χ1v) is 4.94. The van der Waals surface area contributed by atoms with Crippen molar-refractivity contribution >= 4 is 11.6 Å². The molecule has 1 rings (SSSR count). The van der Waals surface area contributed by atoms with Crippen LogP contribution in [0.2, 0.25) is 5.02 Å². The summed E-state index contributed by atoms with van der Waals surface area (Å²) in [4.78, 5) is 0. The first-order chi connectivity index (χ1) is 6.38. The van der Waals surface area contributed by atoms with Gasteiger partial charge in [0.05, 0.1) is 5.02 Å². The van der Waals surface area contributed by atoms with Gasteiger partial charge in [-0.05, 0) is 38.5 Å². The second-order valence-electron chi connectivity index (χ2n) is 4.21. The van der Waals surface area contributed by atoms with Crippen molar-refractivity contribution in [1.82, 2.24) is 0 Å². The SMILES string of the molecule is Cc1ccc(Cl)c(OCC(C)(C)N)c1. The Bertz CT molecular complexity index is 318. The molecule has 14 heavy (non-hydrogen) atoms. The van der Waals surface area contributed by atoms with Crippen LogP contribution in [0.3, 0.4) is 0 Å². The zero-order valence-electron chi connectivity index (χ0n) is 8.80. The Morgan fingerprint density at radius 3 is 2.64 bits per heavy atom. The van der Waals surface area contributed by atoms with Crippen LogP contribution in [0, 0.1) is 6.92 Å². The predicted molar refractivity (Wildman–Crippen MR) is 60.0 cm³/mol. The van der Waals surface area contributed by atoms with Crippen molar-refractivity contribution in [3.63, 3.8) is 0 Å². The van der Waals surface area contributed by atoms with Gasteiger partial charge in [0.1, 0.15) is 12.4 Å². The van der Waals surface area contributed by atoms with E-state index in [1.54, 1.807) is 0 Å². The number of rotatable bonds is 3. The smallest absolute Gasteiger partial charge is 0.138 e. The molecule has 0 heterocycles. The van der Waals surface area contributed by atoms with Crippen molar-refractivity contribution in [2.75, 3.05) is 6.61 Å². The first-order valence-electron chi connectivity index (χ1n) is 4.56. The zero-order chi connectivity index (χ0) is 10.8. The monoisotopic (exact) mass is 213 g/mol. The third kappa shape index (κ3) is 3.56. The van der Waals surface area contributed by atoms with Crippen LogP contribution in [-0.2, 0) is 0 Å². The van der Waals surface area contributed by atoms with Crippen LogP contribution in [-0.4, -0.2) is 12.1 Å². The lowest BCUT2D eigenvalue weighted by atomic mass is 10.1. The van der Waals surface area contributed by atoms with E-state index in [0.717, 1.165) is 5.56 Å². The van der Waals surface area contributed by atoms with Gasteiger partial charge >= 0.3 is 0 Å². The summed E-state index contributed by atoms with van der Waals surface area (Å²) in [5.74, 6) is 0.699. The fourth-order valence-corrected chi connectivity index (χ4v) is 1.16.